The molecule has 1 radical (unpaired) electrons. The average Bonchev–Trinajstić information content (AvgIpc) is 2.48. The fourth-order valence-corrected chi connectivity index (χ4v) is 2.78. The number of halogens is 1. The van der Waals surface area contributed by atoms with Crippen molar-refractivity contribution in [3.05, 3.63) is 84.9 Å². The number of aliphatic hydroxyl groups excluding tert-OH is 1. The van der Waals surface area contributed by atoms with Gasteiger partial charge in [0.05, 0.1) is 0 Å². The average molecular weight is 432 g/mol. The summed E-state index contributed by atoms with van der Waals surface area (Å²) in [6, 6.07) is 11.1. The second-order valence-corrected chi connectivity index (χ2v) is 5.47. The Hall–Kier alpha value is -1.19. The molecule has 24 heavy (non-hydrogen) atoms. The van der Waals surface area contributed by atoms with Crippen LogP contribution in [0.1, 0.15) is 12.5 Å². The van der Waals surface area contributed by atoms with Crippen molar-refractivity contribution in [2.45, 2.75) is 19.3 Å². The Labute approximate surface area is 161 Å². The Morgan fingerprint density at radius 2 is 1.75 bits per heavy atom. The monoisotopic (exact) mass is 432 g/mol. The maximum atomic E-state index is 9.37. The standard InChI is InChI=1S/C17H15ClNO2.2CH3.Ru/c1-10-6-9-14(17(20)21)19-16(10)15-12-5-3-2-4-11(12)7-8-13(15)18;;;/h2-9,14,17,20-21H,1H3;2*1H3;/q3*-1;+3. The van der Waals surface area contributed by atoms with Gasteiger partial charge in [0.2, 0.25) is 0 Å². The Morgan fingerprint density at radius 1 is 1.08 bits per heavy atom. The maximum Gasteiger partial charge on any atom is 3.00 e. The summed E-state index contributed by atoms with van der Waals surface area (Å²) in [5.74, 6) is 0. The molecule has 1 aliphatic heterocycles. The molecule has 0 spiro atoms. The fourth-order valence-electron chi connectivity index (χ4n) is 2.53. The minimum absolute atomic E-state index is 0. The Morgan fingerprint density at radius 3 is 2.42 bits per heavy atom. The zero-order valence-electron chi connectivity index (χ0n) is 13.8. The molecule has 3 rings (SSSR count). The second kappa shape index (κ2) is 9.34. The van der Waals surface area contributed by atoms with E-state index >= 15 is 0 Å². The topological polar surface area (TPSA) is 54.6 Å². The molecule has 1 unspecified atom stereocenters. The number of nitrogens with zero attached hydrogens (tertiary/aromatic N) is 1. The predicted molar refractivity (Wildman–Crippen MR) is 98.9 cm³/mol. The molecule has 0 bridgehead atoms. The molecule has 129 valence electrons. The van der Waals surface area contributed by atoms with Crippen molar-refractivity contribution in [3.63, 3.8) is 0 Å². The molecule has 0 aliphatic carbocycles. The van der Waals surface area contributed by atoms with Crippen molar-refractivity contribution in [2.24, 2.45) is 0 Å². The Bertz CT molecular complexity index is 756. The molecule has 2 aromatic carbocycles. The molecule has 2 N–H and O–H groups in total. The van der Waals surface area contributed by atoms with E-state index in [1.807, 2.05) is 49.4 Å². The largest absolute Gasteiger partial charge is 3.00 e. The fraction of sp³-hybridized carbons (Fsp3) is 0.158. The molecule has 1 aliphatic rings. The van der Waals surface area contributed by atoms with E-state index in [4.69, 9.17) is 11.6 Å². The molecule has 0 amide bonds. The molecule has 1 heterocycles. The summed E-state index contributed by atoms with van der Waals surface area (Å²) < 4.78 is 0. The van der Waals surface area contributed by atoms with E-state index in [-0.39, 0.29) is 34.3 Å². The van der Waals surface area contributed by atoms with Crippen LogP contribution in [0.3, 0.4) is 0 Å². The van der Waals surface area contributed by atoms with Crippen molar-refractivity contribution in [1.29, 1.82) is 0 Å². The van der Waals surface area contributed by atoms with Crippen molar-refractivity contribution in [3.8, 4) is 0 Å². The van der Waals surface area contributed by atoms with Gasteiger partial charge in [-0.1, -0.05) is 59.7 Å². The van der Waals surface area contributed by atoms with Crippen LogP contribution in [0.5, 0.6) is 0 Å². The maximum absolute atomic E-state index is 9.37. The van der Waals surface area contributed by atoms with Crippen molar-refractivity contribution in [2.75, 3.05) is 0 Å². The van der Waals surface area contributed by atoms with Gasteiger partial charge in [0.1, 0.15) is 6.29 Å². The van der Waals surface area contributed by atoms with Gasteiger partial charge >= 0.3 is 19.5 Å². The van der Waals surface area contributed by atoms with Gasteiger partial charge in [0.25, 0.3) is 0 Å². The SMILES string of the molecule is CC1=C(c2c(Cl)ccc3ccccc23)[N-]C(C(O)O)C=C1.[CH3-].[CH3-].[Ru+3]. The molecule has 0 fully saturated rings. The Kier molecular flexibility index (Phi) is 8.87. The van der Waals surface area contributed by atoms with Crippen molar-refractivity contribution in [1.82, 2.24) is 0 Å². The summed E-state index contributed by atoms with van der Waals surface area (Å²) in [5, 5.41) is 25.9. The molecule has 1 atom stereocenters. The van der Waals surface area contributed by atoms with E-state index in [1.54, 1.807) is 6.08 Å². The number of fused-ring (bicyclic) bond motifs is 1. The van der Waals surface area contributed by atoms with Crippen LogP contribution in [-0.2, 0) is 19.5 Å². The van der Waals surface area contributed by atoms with Gasteiger partial charge in [0.15, 0.2) is 0 Å². The van der Waals surface area contributed by atoms with Crippen LogP contribution < -0.4 is 0 Å². The summed E-state index contributed by atoms with van der Waals surface area (Å²) in [4.78, 5) is 0. The number of allylic oxidation sites excluding steroid dienone is 2. The van der Waals surface area contributed by atoms with Crippen LogP contribution in [0.4, 0.5) is 0 Å². The van der Waals surface area contributed by atoms with Crippen LogP contribution in [0.15, 0.2) is 54.1 Å². The van der Waals surface area contributed by atoms with E-state index < -0.39 is 12.3 Å². The number of hydrogen-bond donors (Lipinski definition) is 2. The molecule has 0 saturated carbocycles. The van der Waals surface area contributed by atoms with Crippen LogP contribution in [0, 0.1) is 14.9 Å². The van der Waals surface area contributed by atoms with Crippen molar-refractivity contribution >= 4 is 28.1 Å². The van der Waals surface area contributed by atoms with E-state index in [0.717, 1.165) is 21.9 Å². The third-order valence-electron chi connectivity index (χ3n) is 3.62. The summed E-state index contributed by atoms with van der Waals surface area (Å²) in [7, 11) is 0. The summed E-state index contributed by atoms with van der Waals surface area (Å²) in [6.45, 7) is 1.94. The number of hydrogen-bond acceptors (Lipinski definition) is 2. The third kappa shape index (κ3) is 4.26. The van der Waals surface area contributed by atoms with Crippen LogP contribution in [0.2, 0.25) is 5.02 Å². The van der Waals surface area contributed by atoms with Gasteiger partial charge in [-0.15, -0.1) is 5.70 Å². The first kappa shape index (κ1) is 22.8. The molecule has 0 saturated heterocycles. The summed E-state index contributed by atoms with van der Waals surface area (Å²) in [6.07, 6.45) is 2.02. The Balaban J connectivity index is 0.00000176. The first-order valence-electron chi connectivity index (χ1n) is 6.71. The van der Waals surface area contributed by atoms with Gasteiger partial charge in [-0.05, 0) is 35.4 Å². The van der Waals surface area contributed by atoms with Gasteiger partial charge < -0.3 is 30.4 Å². The summed E-state index contributed by atoms with van der Waals surface area (Å²) >= 11 is 6.39. The van der Waals surface area contributed by atoms with E-state index in [2.05, 4.69) is 5.32 Å². The normalized spacial score (nSPS) is 16.1. The first-order chi connectivity index (χ1) is 10.1. The first-order valence-corrected chi connectivity index (χ1v) is 7.09. The molecule has 2 aromatic rings. The molecule has 0 aromatic heterocycles. The predicted octanol–water partition coefficient (Wildman–Crippen LogP) is 4.75. The van der Waals surface area contributed by atoms with Gasteiger partial charge in [-0.3, -0.25) is 0 Å². The van der Waals surface area contributed by atoms with Crippen LogP contribution in [0.25, 0.3) is 21.8 Å². The molecular weight excluding hydrogens is 411 g/mol. The van der Waals surface area contributed by atoms with Gasteiger partial charge in [-0.25, -0.2) is 0 Å². The molecule has 5 heteroatoms. The summed E-state index contributed by atoms with van der Waals surface area (Å²) in [5.41, 5.74) is 2.49. The van der Waals surface area contributed by atoms with E-state index in [9.17, 15) is 10.2 Å². The number of aliphatic hydroxyl groups is 2. The number of rotatable bonds is 2. The van der Waals surface area contributed by atoms with Gasteiger partial charge in [-0.2, -0.15) is 0 Å². The molecule has 3 nitrogen and oxygen atoms in total. The van der Waals surface area contributed by atoms with E-state index in [0.29, 0.717) is 10.7 Å². The minimum Gasteiger partial charge on any atom is -0.674 e. The van der Waals surface area contributed by atoms with Crippen molar-refractivity contribution < 1.29 is 29.7 Å². The second-order valence-electron chi connectivity index (χ2n) is 5.07. The minimum atomic E-state index is -1.52. The smallest absolute Gasteiger partial charge is 0.674 e. The number of benzene rings is 2. The van der Waals surface area contributed by atoms with E-state index in [1.165, 1.54) is 0 Å². The van der Waals surface area contributed by atoms with Crippen LogP contribution in [-0.4, -0.2) is 22.5 Å². The third-order valence-corrected chi connectivity index (χ3v) is 3.93. The quantitative estimate of drug-likeness (QED) is 0.410. The molecular formula is C19H21ClNO2Ru. The zero-order valence-corrected chi connectivity index (χ0v) is 16.3. The zero-order chi connectivity index (χ0) is 15.0. The van der Waals surface area contributed by atoms with Gasteiger partial charge in [0, 0.05) is 5.02 Å². The van der Waals surface area contributed by atoms with Crippen LogP contribution >= 0.6 is 11.6 Å².